The Morgan fingerprint density at radius 2 is 1.95 bits per heavy atom. The van der Waals surface area contributed by atoms with Crippen LogP contribution in [-0.4, -0.2) is 7.11 Å². The first-order valence-corrected chi connectivity index (χ1v) is 6.82. The van der Waals surface area contributed by atoms with Crippen LogP contribution in [0.3, 0.4) is 0 Å². The van der Waals surface area contributed by atoms with E-state index in [1.807, 2.05) is 0 Å². The van der Waals surface area contributed by atoms with Gasteiger partial charge in [0, 0.05) is 17.7 Å². The number of ether oxygens (including phenoxy) is 1. The summed E-state index contributed by atoms with van der Waals surface area (Å²) >= 11 is 0. The van der Waals surface area contributed by atoms with E-state index in [0.29, 0.717) is 17.2 Å². The lowest BCUT2D eigenvalue weighted by atomic mass is 9.82. The summed E-state index contributed by atoms with van der Waals surface area (Å²) in [6.45, 7) is 8.81. The van der Waals surface area contributed by atoms with Gasteiger partial charge in [-0.3, -0.25) is 0 Å². The quantitative estimate of drug-likeness (QED) is 0.863. The molecule has 2 unspecified atom stereocenters. The summed E-state index contributed by atoms with van der Waals surface area (Å²) in [4.78, 5) is 0. The van der Waals surface area contributed by atoms with Crippen LogP contribution in [0.25, 0.3) is 0 Å². The molecule has 0 aliphatic heterocycles. The van der Waals surface area contributed by atoms with Crippen LogP contribution in [0, 0.1) is 17.2 Å². The van der Waals surface area contributed by atoms with Crippen molar-refractivity contribution in [3.05, 3.63) is 29.6 Å². The zero-order valence-electron chi connectivity index (χ0n) is 12.7. The molecule has 1 aromatic carbocycles. The number of benzene rings is 1. The molecule has 1 aromatic rings. The van der Waals surface area contributed by atoms with Gasteiger partial charge in [0.2, 0.25) is 0 Å². The van der Waals surface area contributed by atoms with E-state index >= 15 is 0 Å². The summed E-state index contributed by atoms with van der Waals surface area (Å²) in [5.74, 6) is 0.711. The lowest BCUT2D eigenvalue weighted by molar-refractivity contribution is 0.285. The van der Waals surface area contributed by atoms with Gasteiger partial charge in [-0.2, -0.15) is 0 Å². The average Bonchev–Trinajstić information content (AvgIpc) is 2.25. The van der Waals surface area contributed by atoms with Gasteiger partial charge in [-0.1, -0.05) is 33.8 Å². The van der Waals surface area contributed by atoms with Crippen molar-refractivity contribution in [1.29, 1.82) is 0 Å². The summed E-state index contributed by atoms with van der Waals surface area (Å²) in [6.07, 6.45) is 1.87. The molecular formula is C16H26FNO. The van der Waals surface area contributed by atoms with Crippen molar-refractivity contribution in [2.45, 2.75) is 46.6 Å². The largest absolute Gasteiger partial charge is 0.497 e. The predicted molar refractivity (Wildman–Crippen MR) is 77.7 cm³/mol. The molecule has 3 heteroatoms. The van der Waals surface area contributed by atoms with Crippen molar-refractivity contribution < 1.29 is 9.13 Å². The fourth-order valence-corrected chi connectivity index (χ4v) is 2.62. The third kappa shape index (κ3) is 5.19. The predicted octanol–water partition coefficient (Wildman–Crippen LogP) is 4.30. The third-order valence-corrected chi connectivity index (χ3v) is 3.22. The third-order valence-electron chi connectivity index (χ3n) is 3.22. The minimum atomic E-state index is -0.283. The molecule has 2 N–H and O–H groups in total. The van der Waals surface area contributed by atoms with Gasteiger partial charge < -0.3 is 10.5 Å². The first-order chi connectivity index (χ1) is 8.73. The molecule has 0 saturated carbocycles. The number of rotatable bonds is 5. The molecule has 0 aromatic heterocycles. The molecule has 19 heavy (non-hydrogen) atoms. The van der Waals surface area contributed by atoms with Crippen molar-refractivity contribution in [3.63, 3.8) is 0 Å². The summed E-state index contributed by atoms with van der Waals surface area (Å²) in [6, 6.07) is 4.61. The zero-order valence-corrected chi connectivity index (χ0v) is 12.7. The summed E-state index contributed by atoms with van der Waals surface area (Å²) < 4.78 is 18.9. The number of methoxy groups -OCH3 is 1. The Morgan fingerprint density at radius 1 is 1.32 bits per heavy atom. The van der Waals surface area contributed by atoms with E-state index in [2.05, 4.69) is 27.7 Å². The topological polar surface area (TPSA) is 35.2 Å². The maximum absolute atomic E-state index is 13.9. The standard InChI is InChI=1S/C16H26FNO/c1-11(10-16(2,3)4)8-15(18)13-7-6-12(19-5)9-14(13)17/h6-7,9,11,15H,8,10,18H2,1-5H3. The normalized spacial score (nSPS) is 15.1. The van der Waals surface area contributed by atoms with Crippen molar-refractivity contribution in [3.8, 4) is 5.75 Å². The highest BCUT2D eigenvalue weighted by Gasteiger charge is 2.20. The van der Waals surface area contributed by atoms with Gasteiger partial charge >= 0.3 is 0 Å². The average molecular weight is 267 g/mol. The smallest absolute Gasteiger partial charge is 0.131 e. The fourth-order valence-electron chi connectivity index (χ4n) is 2.62. The molecule has 0 amide bonds. The maximum atomic E-state index is 13.9. The van der Waals surface area contributed by atoms with Crippen molar-refractivity contribution in [2.24, 2.45) is 17.1 Å². The Kier molecular flexibility index (Phi) is 5.36. The first kappa shape index (κ1) is 16.0. The minimum Gasteiger partial charge on any atom is -0.497 e. The molecule has 0 fully saturated rings. The summed E-state index contributed by atoms with van der Waals surface area (Å²) in [5, 5.41) is 0. The van der Waals surface area contributed by atoms with Crippen LogP contribution in [0.4, 0.5) is 4.39 Å². The SMILES string of the molecule is COc1ccc(C(N)CC(C)CC(C)(C)C)c(F)c1. The molecule has 0 bridgehead atoms. The second-order valence-electron chi connectivity index (χ2n) is 6.60. The Morgan fingerprint density at radius 3 is 2.42 bits per heavy atom. The van der Waals surface area contributed by atoms with E-state index in [1.165, 1.54) is 13.2 Å². The van der Waals surface area contributed by atoms with Crippen molar-refractivity contribution >= 4 is 0 Å². The summed E-state index contributed by atoms with van der Waals surface area (Å²) in [5.41, 5.74) is 6.97. The van der Waals surface area contributed by atoms with E-state index in [9.17, 15) is 4.39 Å². The van der Waals surface area contributed by atoms with Crippen LogP contribution in [-0.2, 0) is 0 Å². The second-order valence-corrected chi connectivity index (χ2v) is 6.60. The molecule has 0 saturated heterocycles. The van der Waals surface area contributed by atoms with Gasteiger partial charge in [-0.25, -0.2) is 4.39 Å². The second kappa shape index (κ2) is 6.38. The Bertz CT molecular complexity index is 412. The lowest BCUT2D eigenvalue weighted by Gasteiger charge is -2.25. The zero-order chi connectivity index (χ0) is 14.6. The van der Waals surface area contributed by atoms with Crippen LogP contribution in [0.2, 0.25) is 0 Å². The molecule has 0 aliphatic carbocycles. The molecule has 1 rings (SSSR count). The van der Waals surface area contributed by atoms with Crippen LogP contribution >= 0.6 is 0 Å². The van der Waals surface area contributed by atoms with Gasteiger partial charge in [0.15, 0.2) is 0 Å². The molecule has 2 nitrogen and oxygen atoms in total. The molecule has 0 radical (unpaired) electrons. The van der Waals surface area contributed by atoms with Gasteiger partial charge in [0.05, 0.1) is 7.11 Å². The van der Waals surface area contributed by atoms with Gasteiger partial charge in [0.25, 0.3) is 0 Å². The highest BCUT2D eigenvalue weighted by molar-refractivity contribution is 5.30. The number of nitrogens with two attached hydrogens (primary N) is 1. The minimum absolute atomic E-state index is 0.261. The molecular weight excluding hydrogens is 241 g/mol. The van der Waals surface area contributed by atoms with E-state index in [0.717, 1.165) is 12.8 Å². The molecule has 2 atom stereocenters. The molecule has 0 heterocycles. The lowest BCUT2D eigenvalue weighted by Crippen LogP contribution is -2.19. The highest BCUT2D eigenvalue weighted by atomic mass is 19.1. The van der Waals surface area contributed by atoms with E-state index in [4.69, 9.17) is 10.5 Å². The van der Waals surface area contributed by atoms with Gasteiger partial charge in [-0.05, 0) is 30.2 Å². The molecule has 0 spiro atoms. The number of hydrogen-bond acceptors (Lipinski definition) is 2. The van der Waals surface area contributed by atoms with Crippen LogP contribution in [0.5, 0.6) is 5.75 Å². The highest BCUT2D eigenvalue weighted by Crippen LogP contribution is 2.31. The molecule has 0 aliphatic rings. The fraction of sp³-hybridized carbons (Fsp3) is 0.625. The Hall–Kier alpha value is -1.09. The van der Waals surface area contributed by atoms with Crippen LogP contribution < -0.4 is 10.5 Å². The Labute approximate surface area is 116 Å². The van der Waals surface area contributed by atoms with Gasteiger partial charge in [0.1, 0.15) is 11.6 Å². The van der Waals surface area contributed by atoms with Crippen molar-refractivity contribution in [1.82, 2.24) is 0 Å². The van der Waals surface area contributed by atoms with Crippen LogP contribution in [0.15, 0.2) is 18.2 Å². The number of hydrogen-bond donors (Lipinski definition) is 1. The van der Waals surface area contributed by atoms with E-state index in [-0.39, 0.29) is 17.3 Å². The van der Waals surface area contributed by atoms with Crippen LogP contribution in [0.1, 0.15) is 52.1 Å². The maximum Gasteiger partial charge on any atom is 0.131 e. The monoisotopic (exact) mass is 267 g/mol. The van der Waals surface area contributed by atoms with Gasteiger partial charge in [-0.15, -0.1) is 0 Å². The van der Waals surface area contributed by atoms with E-state index < -0.39 is 0 Å². The molecule has 108 valence electrons. The van der Waals surface area contributed by atoms with E-state index in [1.54, 1.807) is 12.1 Å². The number of halogens is 1. The Balaban J connectivity index is 2.70. The van der Waals surface area contributed by atoms with Crippen molar-refractivity contribution in [2.75, 3.05) is 7.11 Å². The first-order valence-electron chi connectivity index (χ1n) is 6.82. The summed E-state index contributed by atoms with van der Waals surface area (Å²) in [7, 11) is 1.53.